The average Bonchev–Trinajstić information content (AvgIpc) is 0.811. The van der Waals surface area contributed by atoms with Crippen LogP contribution >= 0.6 is 0 Å². The molecule has 0 aromatic rings. The molecule has 0 saturated carbocycles. The molecule has 2 nitrogen and oxygen atoms in total. The molecule has 0 unspecified atom stereocenters. The highest BCUT2D eigenvalue weighted by atomic mass is 16.3. The predicted octanol–water partition coefficient (Wildman–Crippen LogP) is 1.25. The molecule has 0 aliphatic rings. The van der Waals surface area contributed by atoms with Crippen LogP contribution < -0.4 is 5.11 Å². The summed E-state index contributed by atoms with van der Waals surface area (Å²) < 4.78 is 0. The average molecular weight is 106 g/mol. The van der Waals surface area contributed by atoms with E-state index in [0.29, 0.717) is 0 Å². The SMILES string of the molecule is C.C.C.CC(=N)[O-]. The normalized spacial score (nSPS) is 3.57. The molecule has 0 aliphatic carbocycles. The van der Waals surface area contributed by atoms with E-state index in [0.717, 1.165) is 0 Å². The molecule has 0 amide bonds. The van der Waals surface area contributed by atoms with Gasteiger partial charge in [-0.1, -0.05) is 22.3 Å². The monoisotopic (exact) mass is 106 g/mol. The molecule has 7 heavy (non-hydrogen) atoms. The Kier molecular flexibility index (Phi) is 81.2. The zero-order valence-electron chi connectivity index (χ0n) is 2.41. The Bertz CT molecular complexity index is 31.1. The summed E-state index contributed by atoms with van der Waals surface area (Å²) in [6.07, 6.45) is 0. The summed E-state index contributed by atoms with van der Waals surface area (Å²) in [7, 11) is 0. The van der Waals surface area contributed by atoms with E-state index in [-0.39, 0.29) is 22.3 Å². The second-order valence-corrected chi connectivity index (χ2v) is 0.556. The molecule has 2 heteroatoms. The van der Waals surface area contributed by atoms with Gasteiger partial charge in [-0.3, -0.25) is 0 Å². The summed E-state index contributed by atoms with van der Waals surface area (Å²) in [6, 6.07) is 0. The van der Waals surface area contributed by atoms with E-state index in [1.165, 1.54) is 6.92 Å². The lowest BCUT2D eigenvalue weighted by Gasteiger charge is -1.89. The van der Waals surface area contributed by atoms with Crippen LogP contribution in [-0.4, -0.2) is 5.90 Å². The van der Waals surface area contributed by atoms with Crippen molar-refractivity contribution >= 4 is 5.90 Å². The predicted molar refractivity (Wildman–Crippen MR) is 33.6 cm³/mol. The summed E-state index contributed by atoms with van der Waals surface area (Å²) in [5.41, 5.74) is 0. The van der Waals surface area contributed by atoms with Crippen molar-refractivity contribution in [3.8, 4) is 0 Å². The first-order valence-corrected chi connectivity index (χ1v) is 0.954. The Hall–Kier alpha value is -0.530. The van der Waals surface area contributed by atoms with Gasteiger partial charge in [0.1, 0.15) is 0 Å². The third-order valence-electron chi connectivity index (χ3n) is 0. The van der Waals surface area contributed by atoms with Crippen LogP contribution in [-0.2, 0) is 0 Å². The van der Waals surface area contributed by atoms with Crippen LogP contribution in [0.5, 0.6) is 0 Å². The third-order valence-corrected chi connectivity index (χ3v) is 0. The lowest BCUT2D eigenvalue weighted by Crippen LogP contribution is -2.08. The van der Waals surface area contributed by atoms with Crippen molar-refractivity contribution in [2.75, 3.05) is 0 Å². The summed E-state index contributed by atoms with van der Waals surface area (Å²) >= 11 is 0. The summed E-state index contributed by atoms with van der Waals surface area (Å²) in [6.45, 7) is 1.19. The fraction of sp³-hybridized carbons (Fsp3) is 0.800. The molecule has 48 valence electrons. The standard InChI is InChI=1S/C2H5NO.3CH4/c1-2(3)4;;;/h1H3,(H2,3,4);3*1H4/p-1. The van der Waals surface area contributed by atoms with Gasteiger partial charge in [-0.2, -0.15) is 0 Å². The molecule has 0 heterocycles. The summed E-state index contributed by atoms with van der Waals surface area (Å²) in [4.78, 5) is 0. The van der Waals surface area contributed by atoms with Crippen molar-refractivity contribution in [3.63, 3.8) is 0 Å². The maximum Gasteiger partial charge on any atom is -0.0373 e. The summed E-state index contributed by atoms with van der Waals surface area (Å²) in [5, 5.41) is 15.1. The molecule has 0 bridgehead atoms. The van der Waals surface area contributed by atoms with Gasteiger partial charge in [0.25, 0.3) is 0 Å². The van der Waals surface area contributed by atoms with Gasteiger partial charge in [0, 0.05) is 0 Å². The van der Waals surface area contributed by atoms with Gasteiger partial charge in [-0.25, -0.2) is 0 Å². The van der Waals surface area contributed by atoms with Gasteiger partial charge in [-0.15, -0.1) is 0 Å². The number of nitrogens with one attached hydrogen (secondary N) is 1. The van der Waals surface area contributed by atoms with E-state index in [2.05, 4.69) is 0 Å². The van der Waals surface area contributed by atoms with Crippen LogP contribution in [0.15, 0.2) is 0 Å². The lowest BCUT2D eigenvalue weighted by atomic mass is 10.8. The van der Waals surface area contributed by atoms with Crippen LogP contribution in [0.1, 0.15) is 29.2 Å². The lowest BCUT2D eigenvalue weighted by molar-refractivity contribution is -0.217. The van der Waals surface area contributed by atoms with Gasteiger partial charge in [0.15, 0.2) is 0 Å². The molecule has 0 atom stereocenters. The highest BCUT2D eigenvalue weighted by Crippen LogP contribution is 1.35. The van der Waals surface area contributed by atoms with Crippen LogP contribution in [0.25, 0.3) is 0 Å². The Morgan fingerprint density at radius 3 is 1.29 bits per heavy atom. The molecule has 0 radical (unpaired) electrons. The van der Waals surface area contributed by atoms with Gasteiger partial charge in [-0.05, 0) is 12.8 Å². The first-order valence-electron chi connectivity index (χ1n) is 0.954. The van der Waals surface area contributed by atoms with Gasteiger partial charge in [0.2, 0.25) is 0 Å². The van der Waals surface area contributed by atoms with Crippen molar-refractivity contribution in [3.05, 3.63) is 0 Å². The van der Waals surface area contributed by atoms with Crippen LogP contribution in [0.2, 0.25) is 0 Å². The maximum atomic E-state index is 9.11. The maximum absolute atomic E-state index is 9.11. The third kappa shape index (κ3) is 234. The Morgan fingerprint density at radius 2 is 1.29 bits per heavy atom. The zero-order valence-corrected chi connectivity index (χ0v) is 2.41. The summed E-state index contributed by atoms with van der Waals surface area (Å²) in [5.74, 6) is -0.583. The van der Waals surface area contributed by atoms with Crippen molar-refractivity contribution in [1.82, 2.24) is 0 Å². The van der Waals surface area contributed by atoms with Crippen molar-refractivity contribution in [2.24, 2.45) is 0 Å². The molecule has 0 aromatic heterocycles. The van der Waals surface area contributed by atoms with E-state index >= 15 is 0 Å². The highest BCUT2D eigenvalue weighted by Gasteiger charge is 1.39. The van der Waals surface area contributed by atoms with Gasteiger partial charge >= 0.3 is 0 Å². The Morgan fingerprint density at radius 1 is 1.29 bits per heavy atom. The van der Waals surface area contributed by atoms with Crippen molar-refractivity contribution in [1.29, 1.82) is 5.41 Å². The zero-order chi connectivity index (χ0) is 3.58. The first kappa shape index (κ1) is 31.7. The fourth-order valence-corrected chi connectivity index (χ4v) is 0. The van der Waals surface area contributed by atoms with Crippen LogP contribution in [0.4, 0.5) is 0 Å². The van der Waals surface area contributed by atoms with Gasteiger partial charge in [0.05, 0.1) is 0 Å². The number of hydrogen-bond acceptors (Lipinski definition) is 2. The Balaban J connectivity index is -0.0000000150. The first-order chi connectivity index (χ1) is 1.73. The molecular formula is C5H16NO-. The van der Waals surface area contributed by atoms with Gasteiger partial charge < -0.3 is 10.5 Å². The number of rotatable bonds is 0. The molecule has 1 N–H and O–H groups in total. The van der Waals surface area contributed by atoms with E-state index in [1.54, 1.807) is 0 Å². The molecule has 0 spiro atoms. The molecule has 0 aromatic carbocycles. The van der Waals surface area contributed by atoms with Crippen molar-refractivity contribution < 1.29 is 5.11 Å². The fourth-order valence-electron chi connectivity index (χ4n) is 0. The Labute approximate surface area is 46.7 Å². The minimum atomic E-state index is -0.583. The van der Waals surface area contributed by atoms with E-state index in [9.17, 15) is 0 Å². The minimum absolute atomic E-state index is 0. The molecule has 0 rings (SSSR count). The smallest absolute Gasteiger partial charge is 0.0373 e. The quantitative estimate of drug-likeness (QED) is 0.366. The van der Waals surface area contributed by atoms with Crippen LogP contribution in [0, 0.1) is 5.41 Å². The second-order valence-electron chi connectivity index (χ2n) is 0.556. The highest BCUT2D eigenvalue weighted by molar-refractivity contribution is 5.63. The minimum Gasteiger partial charge on any atom is -0.862 e. The molecular weight excluding hydrogens is 90.1 g/mol. The second kappa shape index (κ2) is 17.9. The molecule has 0 aliphatic heterocycles. The van der Waals surface area contributed by atoms with Crippen LogP contribution in [0.3, 0.4) is 0 Å². The van der Waals surface area contributed by atoms with E-state index in [1.807, 2.05) is 0 Å². The van der Waals surface area contributed by atoms with Crippen molar-refractivity contribution in [2.45, 2.75) is 29.2 Å². The molecule has 0 fully saturated rings. The van der Waals surface area contributed by atoms with E-state index < -0.39 is 5.90 Å². The molecule has 0 saturated heterocycles. The number of hydrogen-bond donors (Lipinski definition) is 1. The van der Waals surface area contributed by atoms with E-state index in [4.69, 9.17) is 10.5 Å². The largest absolute Gasteiger partial charge is 0.862 e. The topological polar surface area (TPSA) is 46.9 Å².